The maximum Gasteiger partial charge on any atom is 0.232 e. The van der Waals surface area contributed by atoms with Gasteiger partial charge < -0.3 is 15.5 Å². The molecule has 0 saturated heterocycles. The van der Waals surface area contributed by atoms with Gasteiger partial charge >= 0.3 is 0 Å². The van der Waals surface area contributed by atoms with E-state index < -0.39 is 0 Å². The third-order valence-electron chi connectivity index (χ3n) is 2.74. The van der Waals surface area contributed by atoms with Gasteiger partial charge in [-0.1, -0.05) is 0 Å². The Morgan fingerprint density at radius 2 is 1.94 bits per heavy atom. The lowest BCUT2D eigenvalue weighted by molar-refractivity contribution is 0.753. The number of anilines is 3. The van der Waals surface area contributed by atoms with Crippen LogP contribution < -0.4 is 15.5 Å². The third-order valence-corrected chi connectivity index (χ3v) is 2.74. The van der Waals surface area contributed by atoms with Crippen molar-refractivity contribution in [1.29, 1.82) is 5.26 Å². The van der Waals surface area contributed by atoms with Crippen molar-refractivity contribution in [3.8, 4) is 6.07 Å². The summed E-state index contributed by atoms with van der Waals surface area (Å²) in [6, 6.07) is 2.59. The molecule has 96 valence electrons. The predicted octanol–water partition coefficient (Wildman–Crippen LogP) is 0.402. The first kappa shape index (κ1) is 12.4. The van der Waals surface area contributed by atoms with Gasteiger partial charge in [-0.3, -0.25) is 0 Å². The minimum Gasteiger partial charge on any atom is -0.368 e. The van der Waals surface area contributed by atoms with E-state index in [2.05, 4.69) is 21.0 Å². The molecule has 2 N–H and O–H groups in total. The zero-order chi connectivity index (χ0) is 13.1. The molecule has 1 aromatic heterocycles. The highest BCUT2D eigenvalue weighted by Crippen LogP contribution is 2.30. The van der Waals surface area contributed by atoms with Gasteiger partial charge in [-0.25, -0.2) is 0 Å². The summed E-state index contributed by atoms with van der Waals surface area (Å²) in [5.41, 5.74) is 5.70. The molecular weight excluding hydrogens is 230 g/mol. The van der Waals surface area contributed by atoms with Gasteiger partial charge in [-0.15, -0.1) is 0 Å². The monoisotopic (exact) mass is 247 g/mol. The summed E-state index contributed by atoms with van der Waals surface area (Å²) in [7, 11) is 3.71. The Kier molecular flexibility index (Phi) is 3.46. The summed E-state index contributed by atoms with van der Waals surface area (Å²) in [5.74, 6) is 1.33. The smallest absolute Gasteiger partial charge is 0.232 e. The van der Waals surface area contributed by atoms with E-state index in [-0.39, 0.29) is 5.95 Å². The minimum absolute atomic E-state index is 0.214. The highest BCUT2D eigenvalue weighted by Gasteiger charge is 2.31. The first-order chi connectivity index (χ1) is 8.61. The molecule has 0 unspecified atom stereocenters. The van der Waals surface area contributed by atoms with Crippen LogP contribution in [-0.2, 0) is 0 Å². The molecule has 0 bridgehead atoms. The molecule has 7 nitrogen and oxygen atoms in total. The van der Waals surface area contributed by atoms with Crippen LogP contribution in [-0.4, -0.2) is 41.6 Å². The fourth-order valence-electron chi connectivity index (χ4n) is 1.70. The molecule has 0 atom stereocenters. The van der Waals surface area contributed by atoms with Crippen LogP contribution in [0.25, 0.3) is 0 Å². The molecule has 1 saturated carbocycles. The first-order valence-electron chi connectivity index (χ1n) is 5.94. The Hall–Kier alpha value is -2.10. The van der Waals surface area contributed by atoms with Crippen molar-refractivity contribution >= 4 is 17.8 Å². The van der Waals surface area contributed by atoms with Gasteiger partial charge in [0, 0.05) is 26.7 Å². The predicted molar refractivity (Wildman–Crippen MR) is 69.2 cm³/mol. The molecule has 1 aliphatic rings. The van der Waals surface area contributed by atoms with Crippen molar-refractivity contribution in [3.63, 3.8) is 0 Å². The lowest BCUT2D eigenvalue weighted by atomic mass is 10.4. The minimum atomic E-state index is 0.214. The van der Waals surface area contributed by atoms with Crippen LogP contribution in [0.4, 0.5) is 17.8 Å². The SMILES string of the molecule is CN(C)c1nc(N)nc(N(CCC#N)C2CC2)n1. The lowest BCUT2D eigenvalue weighted by Crippen LogP contribution is -2.30. The average Bonchev–Trinajstić information content (AvgIpc) is 3.13. The van der Waals surface area contributed by atoms with Gasteiger partial charge in [-0.05, 0) is 12.8 Å². The number of aromatic nitrogens is 3. The van der Waals surface area contributed by atoms with Crippen LogP contribution in [0.2, 0.25) is 0 Å². The van der Waals surface area contributed by atoms with E-state index in [4.69, 9.17) is 11.0 Å². The van der Waals surface area contributed by atoms with Crippen LogP contribution in [0, 0.1) is 11.3 Å². The van der Waals surface area contributed by atoms with Crippen molar-refractivity contribution < 1.29 is 0 Å². The molecule has 0 aromatic carbocycles. The number of nitrogen functional groups attached to an aromatic ring is 1. The van der Waals surface area contributed by atoms with Crippen LogP contribution in [0.1, 0.15) is 19.3 Å². The molecule has 2 rings (SSSR count). The standard InChI is InChI=1S/C11H17N7/c1-17(2)10-14-9(13)15-11(16-10)18(7-3-6-12)8-4-5-8/h8H,3-5,7H2,1-2H3,(H2,13,14,15,16). The van der Waals surface area contributed by atoms with E-state index in [1.54, 1.807) is 4.90 Å². The van der Waals surface area contributed by atoms with E-state index in [1.807, 2.05) is 19.0 Å². The molecule has 0 spiro atoms. The second-order valence-corrected chi connectivity index (χ2v) is 4.52. The van der Waals surface area contributed by atoms with Gasteiger partial charge in [-0.2, -0.15) is 20.2 Å². The number of hydrogen-bond acceptors (Lipinski definition) is 7. The highest BCUT2D eigenvalue weighted by atomic mass is 15.4. The van der Waals surface area contributed by atoms with E-state index >= 15 is 0 Å². The maximum atomic E-state index is 8.70. The number of hydrogen-bond donors (Lipinski definition) is 1. The highest BCUT2D eigenvalue weighted by molar-refractivity contribution is 5.44. The molecule has 0 radical (unpaired) electrons. The summed E-state index contributed by atoms with van der Waals surface area (Å²) in [6.07, 6.45) is 2.70. The quantitative estimate of drug-likeness (QED) is 0.804. The second-order valence-electron chi connectivity index (χ2n) is 4.52. The summed E-state index contributed by atoms with van der Waals surface area (Å²) in [5, 5.41) is 8.70. The molecule has 1 aromatic rings. The van der Waals surface area contributed by atoms with E-state index in [0.717, 1.165) is 12.8 Å². The Labute approximate surface area is 106 Å². The van der Waals surface area contributed by atoms with E-state index in [9.17, 15) is 0 Å². The topological polar surface area (TPSA) is 95.0 Å². The Balaban J connectivity index is 2.26. The molecule has 0 aliphatic heterocycles. The number of rotatable bonds is 5. The maximum absolute atomic E-state index is 8.70. The van der Waals surface area contributed by atoms with Crippen molar-refractivity contribution in [2.45, 2.75) is 25.3 Å². The Morgan fingerprint density at radius 3 is 2.50 bits per heavy atom. The molecule has 18 heavy (non-hydrogen) atoms. The zero-order valence-electron chi connectivity index (χ0n) is 10.7. The van der Waals surface area contributed by atoms with Gasteiger partial charge in [0.25, 0.3) is 0 Å². The Bertz CT molecular complexity index is 461. The fourth-order valence-corrected chi connectivity index (χ4v) is 1.70. The van der Waals surface area contributed by atoms with Gasteiger partial charge in [0.05, 0.1) is 12.5 Å². The normalized spacial score (nSPS) is 14.1. The van der Waals surface area contributed by atoms with Crippen molar-refractivity contribution in [3.05, 3.63) is 0 Å². The molecule has 1 fully saturated rings. The van der Waals surface area contributed by atoms with Crippen LogP contribution in [0.3, 0.4) is 0 Å². The fraction of sp³-hybridized carbons (Fsp3) is 0.636. The van der Waals surface area contributed by atoms with Gasteiger partial charge in [0.15, 0.2) is 0 Å². The summed E-state index contributed by atoms with van der Waals surface area (Å²) < 4.78 is 0. The summed E-state index contributed by atoms with van der Waals surface area (Å²) in [4.78, 5) is 16.5. The Morgan fingerprint density at radius 1 is 1.28 bits per heavy atom. The van der Waals surface area contributed by atoms with Gasteiger partial charge in [0.1, 0.15) is 0 Å². The average molecular weight is 247 g/mol. The summed E-state index contributed by atoms with van der Waals surface area (Å²) >= 11 is 0. The van der Waals surface area contributed by atoms with Crippen molar-refractivity contribution in [1.82, 2.24) is 15.0 Å². The molecule has 7 heteroatoms. The number of nitriles is 1. The van der Waals surface area contributed by atoms with Crippen molar-refractivity contribution in [2.75, 3.05) is 36.2 Å². The zero-order valence-corrected chi connectivity index (χ0v) is 10.7. The molecule has 1 aliphatic carbocycles. The summed E-state index contributed by atoms with van der Waals surface area (Å²) in [6.45, 7) is 0.636. The molecule has 1 heterocycles. The lowest BCUT2D eigenvalue weighted by Gasteiger charge is -2.22. The largest absolute Gasteiger partial charge is 0.368 e. The van der Waals surface area contributed by atoms with Crippen molar-refractivity contribution in [2.24, 2.45) is 0 Å². The second kappa shape index (κ2) is 5.04. The third kappa shape index (κ3) is 2.77. The van der Waals surface area contributed by atoms with Gasteiger partial charge in [0.2, 0.25) is 17.8 Å². The molecule has 0 amide bonds. The van der Waals surface area contributed by atoms with Crippen LogP contribution in [0.15, 0.2) is 0 Å². The first-order valence-corrected chi connectivity index (χ1v) is 5.94. The molecular formula is C11H17N7. The van der Waals surface area contributed by atoms with E-state index in [1.165, 1.54) is 0 Å². The number of nitrogens with zero attached hydrogens (tertiary/aromatic N) is 6. The number of nitrogens with two attached hydrogens (primary N) is 1. The van der Waals surface area contributed by atoms with E-state index in [0.29, 0.717) is 30.9 Å². The van der Waals surface area contributed by atoms with Crippen LogP contribution in [0.5, 0.6) is 0 Å². The van der Waals surface area contributed by atoms with Crippen LogP contribution >= 0.6 is 0 Å².